The summed E-state index contributed by atoms with van der Waals surface area (Å²) >= 11 is 0. The number of rotatable bonds is 9. The van der Waals surface area contributed by atoms with Crippen LogP contribution in [-0.2, 0) is 32.0 Å². The topological polar surface area (TPSA) is 164 Å². The van der Waals surface area contributed by atoms with Gasteiger partial charge >= 0.3 is 0 Å². The first kappa shape index (κ1) is 38.0. The summed E-state index contributed by atoms with van der Waals surface area (Å²) in [6.07, 6.45) is 0.164. The Bertz CT molecular complexity index is 1840. The number of carbonyl (C=O) groups is 5. The molecule has 13 heteroatoms. The van der Waals surface area contributed by atoms with Crippen LogP contribution in [0.4, 0.5) is 4.39 Å². The van der Waals surface area contributed by atoms with E-state index in [0.717, 1.165) is 11.1 Å². The van der Waals surface area contributed by atoms with E-state index in [0.29, 0.717) is 12.2 Å². The smallest absolute Gasteiger partial charge is 0.255 e. The van der Waals surface area contributed by atoms with Gasteiger partial charge in [-0.1, -0.05) is 72.8 Å². The lowest BCUT2D eigenvalue weighted by molar-refractivity contribution is -0.133. The Morgan fingerprint density at radius 2 is 1.38 bits per heavy atom. The average molecular weight is 724 g/mol. The molecule has 0 saturated heterocycles. The zero-order valence-corrected chi connectivity index (χ0v) is 29.0. The summed E-state index contributed by atoms with van der Waals surface area (Å²) < 4.78 is 24.7. The lowest BCUT2D eigenvalue weighted by Crippen LogP contribution is -2.56. The van der Waals surface area contributed by atoms with Gasteiger partial charge < -0.3 is 36.1 Å². The summed E-state index contributed by atoms with van der Waals surface area (Å²) in [5.41, 5.74) is 1.71. The molecule has 5 rings (SSSR count). The monoisotopic (exact) mass is 723 g/mol. The van der Waals surface area contributed by atoms with Gasteiger partial charge in [-0.05, 0) is 53.9 Å². The van der Waals surface area contributed by atoms with E-state index in [4.69, 9.17) is 9.47 Å². The first-order valence-electron chi connectivity index (χ1n) is 17.4. The normalized spacial score (nSPS) is 18.7. The molecule has 53 heavy (non-hydrogen) atoms. The van der Waals surface area contributed by atoms with Gasteiger partial charge in [0.1, 0.15) is 42.0 Å². The van der Waals surface area contributed by atoms with Crippen LogP contribution in [0, 0.1) is 5.82 Å². The molecule has 5 amide bonds. The number of para-hydroxylation sites is 1. The molecule has 4 aromatic carbocycles. The van der Waals surface area contributed by atoms with Gasteiger partial charge in [0.25, 0.3) is 5.91 Å². The Morgan fingerprint density at radius 3 is 2.06 bits per heavy atom. The standard InChI is InChI=1S/C40H42FN5O7/c41-29-16-18-30(19-17-29)52-23-21-43-39(50)34-26-36(47)44-33(25-28-12-5-2-6-13-28)40(51)46-32(24-27-10-3-1-4-11-27)38(49)42-20-9-22-53-35-15-8-7-14-31(35)37(48)45-34/h1-8,10-19,32-34H,9,20-26H2,(H,42,49)(H,43,50)(H,44,47)(H,45,48)(H,46,51)/t32-,33-,34-/m0/s1. The molecule has 5 N–H and O–H groups in total. The fourth-order valence-corrected chi connectivity index (χ4v) is 5.64. The molecule has 0 spiro atoms. The van der Waals surface area contributed by atoms with Crippen molar-refractivity contribution in [3.8, 4) is 11.5 Å². The van der Waals surface area contributed by atoms with Crippen molar-refractivity contribution >= 4 is 29.5 Å². The minimum Gasteiger partial charge on any atom is -0.493 e. The average Bonchev–Trinajstić information content (AvgIpc) is 3.16. The molecule has 3 atom stereocenters. The molecule has 0 bridgehead atoms. The van der Waals surface area contributed by atoms with Crippen LogP contribution in [0.3, 0.4) is 0 Å². The maximum atomic E-state index is 13.9. The van der Waals surface area contributed by atoms with Crippen LogP contribution >= 0.6 is 0 Å². The van der Waals surface area contributed by atoms with Crippen LogP contribution in [-0.4, -0.2) is 74.0 Å². The van der Waals surface area contributed by atoms with Crippen molar-refractivity contribution < 1.29 is 37.8 Å². The number of amides is 5. The van der Waals surface area contributed by atoms with Gasteiger partial charge in [-0.2, -0.15) is 0 Å². The van der Waals surface area contributed by atoms with Crippen molar-refractivity contribution in [2.75, 3.05) is 26.3 Å². The van der Waals surface area contributed by atoms with Crippen molar-refractivity contribution in [2.24, 2.45) is 0 Å². The molecule has 0 saturated carbocycles. The summed E-state index contributed by atoms with van der Waals surface area (Å²) in [4.78, 5) is 68.1. The molecule has 0 radical (unpaired) electrons. The molecule has 1 aliphatic heterocycles. The second-order valence-corrected chi connectivity index (χ2v) is 12.4. The lowest BCUT2D eigenvalue weighted by Gasteiger charge is -2.25. The van der Waals surface area contributed by atoms with Gasteiger partial charge in [0.05, 0.1) is 25.1 Å². The molecule has 0 unspecified atom stereocenters. The van der Waals surface area contributed by atoms with E-state index in [2.05, 4.69) is 26.6 Å². The third-order valence-corrected chi connectivity index (χ3v) is 8.35. The number of hydrogen-bond donors (Lipinski definition) is 5. The molecular formula is C40H42FN5O7. The van der Waals surface area contributed by atoms with Crippen LogP contribution in [0.15, 0.2) is 109 Å². The quantitative estimate of drug-likeness (QED) is 0.166. The highest BCUT2D eigenvalue weighted by Crippen LogP contribution is 2.19. The van der Waals surface area contributed by atoms with Gasteiger partial charge in [0.15, 0.2) is 0 Å². The van der Waals surface area contributed by atoms with Crippen molar-refractivity contribution in [3.05, 3.63) is 132 Å². The number of carbonyl (C=O) groups excluding carboxylic acids is 5. The molecular weight excluding hydrogens is 681 g/mol. The van der Waals surface area contributed by atoms with Crippen LogP contribution < -0.4 is 36.1 Å². The Morgan fingerprint density at radius 1 is 0.755 bits per heavy atom. The number of fused-ring (bicyclic) bond motifs is 1. The summed E-state index contributed by atoms with van der Waals surface area (Å²) in [6.45, 7) is 0.414. The van der Waals surface area contributed by atoms with E-state index in [-0.39, 0.29) is 50.5 Å². The maximum absolute atomic E-state index is 13.9. The minimum absolute atomic E-state index is 0.00774. The van der Waals surface area contributed by atoms with Crippen LogP contribution in [0.2, 0.25) is 0 Å². The highest BCUT2D eigenvalue weighted by Gasteiger charge is 2.30. The van der Waals surface area contributed by atoms with Crippen LogP contribution in [0.1, 0.15) is 34.3 Å². The Hall–Kier alpha value is -6.24. The minimum atomic E-state index is -1.36. The number of ether oxygens (including phenoxy) is 2. The maximum Gasteiger partial charge on any atom is 0.255 e. The molecule has 1 heterocycles. The van der Waals surface area contributed by atoms with E-state index in [9.17, 15) is 28.4 Å². The highest BCUT2D eigenvalue weighted by atomic mass is 19.1. The molecule has 0 aromatic heterocycles. The van der Waals surface area contributed by atoms with Crippen LogP contribution in [0.25, 0.3) is 0 Å². The predicted octanol–water partition coefficient (Wildman–Crippen LogP) is 2.86. The highest BCUT2D eigenvalue weighted by molar-refractivity contribution is 6.01. The van der Waals surface area contributed by atoms with Gasteiger partial charge in [-0.25, -0.2) is 4.39 Å². The van der Waals surface area contributed by atoms with E-state index >= 15 is 0 Å². The molecule has 276 valence electrons. The van der Waals surface area contributed by atoms with Gasteiger partial charge in [0, 0.05) is 19.4 Å². The Kier molecular flexibility index (Phi) is 13.9. The summed E-state index contributed by atoms with van der Waals surface area (Å²) in [5.74, 6) is -2.80. The van der Waals surface area contributed by atoms with Crippen molar-refractivity contribution in [2.45, 2.75) is 43.8 Å². The molecule has 0 fully saturated rings. The molecule has 4 aromatic rings. The third kappa shape index (κ3) is 11.9. The fourth-order valence-electron chi connectivity index (χ4n) is 5.64. The first-order valence-corrected chi connectivity index (χ1v) is 17.4. The molecule has 0 aliphatic carbocycles. The second kappa shape index (κ2) is 19.4. The Labute approximate surface area is 306 Å². The number of benzene rings is 4. The fraction of sp³-hybridized carbons (Fsp3) is 0.275. The first-order chi connectivity index (χ1) is 25.7. The summed E-state index contributed by atoms with van der Waals surface area (Å²) in [7, 11) is 0. The van der Waals surface area contributed by atoms with E-state index in [1.807, 2.05) is 48.5 Å². The van der Waals surface area contributed by atoms with E-state index < -0.39 is 59.9 Å². The zero-order valence-electron chi connectivity index (χ0n) is 29.0. The number of hydrogen-bond acceptors (Lipinski definition) is 7. The SMILES string of the molecule is O=C1C[C@@H](C(=O)NCCOc2ccc(F)cc2)NC(=O)c2ccccc2OCCCNC(=O)[C@H](Cc2ccccc2)NC(=O)[C@H](Cc2ccccc2)N1. The largest absolute Gasteiger partial charge is 0.493 e. The van der Waals surface area contributed by atoms with Crippen LogP contribution in [0.5, 0.6) is 11.5 Å². The second-order valence-electron chi connectivity index (χ2n) is 12.4. The predicted molar refractivity (Wildman–Crippen MR) is 194 cm³/mol. The summed E-state index contributed by atoms with van der Waals surface area (Å²) in [5, 5.41) is 13.8. The van der Waals surface area contributed by atoms with Crippen molar-refractivity contribution in [1.82, 2.24) is 26.6 Å². The molecule has 1 aliphatic rings. The van der Waals surface area contributed by atoms with Crippen molar-refractivity contribution in [1.29, 1.82) is 0 Å². The third-order valence-electron chi connectivity index (χ3n) is 8.35. The van der Waals surface area contributed by atoms with E-state index in [1.165, 1.54) is 30.3 Å². The number of halogens is 1. The van der Waals surface area contributed by atoms with E-state index in [1.54, 1.807) is 30.3 Å². The van der Waals surface area contributed by atoms with Gasteiger partial charge in [-0.3, -0.25) is 24.0 Å². The summed E-state index contributed by atoms with van der Waals surface area (Å²) in [6, 6.07) is 26.7. The van der Waals surface area contributed by atoms with Crippen molar-refractivity contribution in [3.63, 3.8) is 0 Å². The zero-order chi connectivity index (χ0) is 37.4. The molecule has 12 nitrogen and oxygen atoms in total. The Balaban J connectivity index is 1.38. The van der Waals surface area contributed by atoms with Gasteiger partial charge in [-0.15, -0.1) is 0 Å². The lowest BCUT2D eigenvalue weighted by atomic mass is 10.0. The number of nitrogens with one attached hydrogen (secondary N) is 5. The van der Waals surface area contributed by atoms with Gasteiger partial charge in [0.2, 0.25) is 23.6 Å².